The summed E-state index contributed by atoms with van der Waals surface area (Å²) < 4.78 is 34.4. The summed E-state index contributed by atoms with van der Waals surface area (Å²) in [5.41, 5.74) is 0.271. The predicted molar refractivity (Wildman–Crippen MR) is 117 cm³/mol. The number of rotatable bonds is 10. The highest BCUT2D eigenvalue weighted by Crippen LogP contribution is 2.54. The van der Waals surface area contributed by atoms with E-state index >= 15 is 0 Å². The van der Waals surface area contributed by atoms with Gasteiger partial charge >= 0.3 is 0 Å². The normalized spacial score (nSPS) is 20.3. The van der Waals surface area contributed by atoms with E-state index in [1.165, 1.54) is 18.5 Å². The largest absolute Gasteiger partial charge is 0.440 e. The fourth-order valence-electron chi connectivity index (χ4n) is 3.90. The maximum Gasteiger partial charge on any atom is 0.202 e. The van der Waals surface area contributed by atoms with Crippen LogP contribution in [-0.4, -0.2) is 61.2 Å². The Morgan fingerprint density at radius 2 is 2.12 bits per heavy atom. The van der Waals surface area contributed by atoms with Gasteiger partial charge in [-0.25, -0.2) is 13.8 Å². The molecule has 7 nitrogen and oxygen atoms in total. The average Bonchev–Trinajstić information content (AvgIpc) is 3.03. The molecule has 32 heavy (non-hydrogen) atoms. The van der Waals surface area contributed by atoms with E-state index in [9.17, 15) is 13.9 Å². The smallest absolute Gasteiger partial charge is 0.202 e. The molecule has 0 spiro atoms. The molecular weight excluding hydrogens is 436 g/mol. The Kier molecular flexibility index (Phi) is 6.64. The van der Waals surface area contributed by atoms with E-state index in [0.717, 1.165) is 35.6 Å². The Morgan fingerprint density at radius 3 is 2.84 bits per heavy atom. The highest BCUT2D eigenvalue weighted by atomic mass is 32.2. The van der Waals surface area contributed by atoms with Gasteiger partial charge in [0.25, 0.3) is 0 Å². The highest BCUT2D eigenvalue weighted by molar-refractivity contribution is 7.99. The molecule has 2 aromatic heterocycles. The number of halogens is 2. The van der Waals surface area contributed by atoms with Crippen molar-refractivity contribution < 1.29 is 18.3 Å². The molecule has 0 amide bonds. The molecule has 1 aliphatic carbocycles. The number of aryl methyl sites for hydroxylation is 1. The fraction of sp³-hybridized carbons (Fsp3) is 0.500. The van der Waals surface area contributed by atoms with Gasteiger partial charge in [0.15, 0.2) is 17.3 Å². The fourth-order valence-corrected chi connectivity index (χ4v) is 4.74. The molecule has 3 aromatic rings. The number of thioether (sulfide) groups is 1. The minimum atomic E-state index is -0.907. The molecule has 2 heterocycles. The SMILES string of the molecule is Cc1ncoc1-c1nnc(SCCCN(C)CC[C@]2(O)C[C@H]2c2ccc(F)cc2F)n1C. The summed E-state index contributed by atoms with van der Waals surface area (Å²) >= 11 is 1.63. The molecule has 1 N–H and O–H groups in total. The van der Waals surface area contributed by atoms with Crippen molar-refractivity contribution in [2.45, 2.75) is 42.9 Å². The van der Waals surface area contributed by atoms with Crippen molar-refractivity contribution in [2.24, 2.45) is 7.05 Å². The van der Waals surface area contributed by atoms with Crippen LogP contribution in [0.2, 0.25) is 0 Å². The van der Waals surface area contributed by atoms with Crippen LogP contribution in [0, 0.1) is 18.6 Å². The second kappa shape index (κ2) is 9.29. The highest BCUT2D eigenvalue weighted by Gasteiger charge is 2.54. The van der Waals surface area contributed by atoms with E-state index in [4.69, 9.17) is 4.42 Å². The summed E-state index contributed by atoms with van der Waals surface area (Å²) in [4.78, 5) is 6.26. The molecule has 1 aromatic carbocycles. The van der Waals surface area contributed by atoms with Gasteiger partial charge in [0, 0.05) is 31.3 Å². The minimum absolute atomic E-state index is 0.259. The minimum Gasteiger partial charge on any atom is -0.440 e. The quantitative estimate of drug-likeness (QED) is 0.362. The standard InChI is InChI=1S/C22H27F2N5O2S/c1-14-19(31-13-25-14)20-26-27-21(29(20)3)32-10-4-8-28(2)9-7-22(30)12-17(22)16-6-5-15(23)11-18(16)24/h5-6,11,13,17,30H,4,7-10,12H2,1-3H3/t17-,22-/m0/s1. The van der Waals surface area contributed by atoms with Crippen molar-refractivity contribution in [3.63, 3.8) is 0 Å². The maximum atomic E-state index is 14.0. The molecule has 172 valence electrons. The summed E-state index contributed by atoms with van der Waals surface area (Å²) in [5, 5.41) is 20.0. The van der Waals surface area contributed by atoms with E-state index < -0.39 is 17.2 Å². The first-order chi connectivity index (χ1) is 15.3. The molecular formula is C22H27F2N5O2S. The van der Waals surface area contributed by atoms with Crippen LogP contribution in [0.15, 0.2) is 34.2 Å². The Morgan fingerprint density at radius 1 is 1.31 bits per heavy atom. The molecule has 4 rings (SSSR count). The van der Waals surface area contributed by atoms with Gasteiger partial charge in [-0.2, -0.15) is 0 Å². The lowest BCUT2D eigenvalue weighted by molar-refractivity contribution is 0.117. The molecule has 1 saturated carbocycles. The third-order valence-corrected chi connectivity index (χ3v) is 7.12. The number of hydrogen-bond donors (Lipinski definition) is 1. The first-order valence-electron chi connectivity index (χ1n) is 10.6. The van der Waals surface area contributed by atoms with E-state index in [0.29, 0.717) is 36.5 Å². The van der Waals surface area contributed by atoms with Crippen molar-refractivity contribution in [3.05, 3.63) is 47.5 Å². The lowest BCUT2D eigenvalue weighted by Gasteiger charge is -2.19. The van der Waals surface area contributed by atoms with Crippen LogP contribution in [0.3, 0.4) is 0 Å². The van der Waals surface area contributed by atoms with Crippen LogP contribution in [0.1, 0.15) is 36.4 Å². The maximum absolute atomic E-state index is 14.0. The molecule has 10 heteroatoms. The van der Waals surface area contributed by atoms with Crippen LogP contribution >= 0.6 is 11.8 Å². The Hall–Kier alpha value is -2.30. The van der Waals surface area contributed by atoms with Gasteiger partial charge in [0.2, 0.25) is 5.82 Å². The molecule has 0 aliphatic heterocycles. The van der Waals surface area contributed by atoms with Crippen LogP contribution in [0.25, 0.3) is 11.6 Å². The van der Waals surface area contributed by atoms with Gasteiger partial charge in [-0.05, 0) is 51.4 Å². The number of benzene rings is 1. The van der Waals surface area contributed by atoms with E-state index in [2.05, 4.69) is 20.1 Å². The van der Waals surface area contributed by atoms with Crippen molar-refractivity contribution in [3.8, 4) is 11.6 Å². The number of aliphatic hydroxyl groups is 1. The van der Waals surface area contributed by atoms with Gasteiger partial charge in [-0.1, -0.05) is 17.8 Å². The van der Waals surface area contributed by atoms with Crippen LogP contribution in [0.4, 0.5) is 8.78 Å². The van der Waals surface area contributed by atoms with E-state index in [1.54, 1.807) is 11.8 Å². The molecule has 0 saturated heterocycles. The van der Waals surface area contributed by atoms with E-state index in [-0.39, 0.29) is 5.92 Å². The zero-order valence-corrected chi connectivity index (χ0v) is 19.2. The second-order valence-electron chi connectivity index (χ2n) is 8.41. The van der Waals surface area contributed by atoms with Crippen LogP contribution in [0.5, 0.6) is 0 Å². The summed E-state index contributed by atoms with van der Waals surface area (Å²) in [6.07, 6.45) is 3.41. The zero-order chi connectivity index (χ0) is 22.9. The van der Waals surface area contributed by atoms with Gasteiger partial charge < -0.3 is 19.0 Å². The van der Waals surface area contributed by atoms with Crippen LogP contribution < -0.4 is 0 Å². The second-order valence-corrected chi connectivity index (χ2v) is 9.48. The van der Waals surface area contributed by atoms with E-state index in [1.807, 2.05) is 25.6 Å². The molecule has 0 radical (unpaired) electrons. The predicted octanol–water partition coefficient (Wildman–Crippen LogP) is 3.78. The topological polar surface area (TPSA) is 80.2 Å². The summed E-state index contributed by atoms with van der Waals surface area (Å²) in [6.45, 7) is 3.44. The Labute approximate surface area is 189 Å². The summed E-state index contributed by atoms with van der Waals surface area (Å²) in [6, 6.07) is 3.56. The van der Waals surface area contributed by atoms with Crippen molar-refractivity contribution in [1.82, 2.24) is 24.6 Å². The third kappa shape index (κ3) is 4.87. The first kappa shape index (κ1) is 22.9. The Bertz CT molecular complexity index is 1090. The van der Waals surface area contributed by atoms with Gasteiger partial charge in [-0.3, -0.25) is 0 Å². The van der Waals surface area contributed by atoms with Crippen molar-refractivity contribution >= 4 is 11.8 Å². The van der Waals surface area contributed by atoms with Crippen molar-refractivity contribution in [1.29, 1.82) is 0 Å². The van der Waals surface area contributed by atoms with Crippen molar-refractivity contribution in [2.75, 3.05) is 25.9 Å². The van der Waals surface area contributed by atoms with Gasteiger partial charge in [0.1, 0.15) is 11.6 Å². The van der Waals surface area contributed by atoms with Gasteiger partial charge in [0.05, 0.1) is 11.3 Å². The number of nitrogens with zero attached hydrogens (tertiary/aromatic N) is 5. The number of oxazole rings is 1. The lowest BCUT2D eigenvalue weighted by atomic mass is 10.0. The lowest BCUT2D eigenvalue weighted by Crippen LogP contribution is -2.26. The average molecular weight is 464 g/mol. The third-order valence-electron chi connectivity index (χ3n) is 6.01. The Balaban J connectivity index is 1.19. The summed E-state index contributed by atoms with van der Waals surface area (Å²) in [7, 11) is 3.92. The molecule has 1 fully saturated rings. The summed E-state index contributed by atoms with van der Waals surface area (Å²) in [5.74, 6) is 0.720. The zero-order valence-electron chi connectivity index (χ0n) is 18.4. The van der Waals surface area contributed by atoms with Gasteiger partial charge in [-0.15, -0.1) is 10.2 Å². The number of aromatic nitrogens is 4. The first-order valence-corrected chi connectivity index (χ1v) is 11.6. The molecule has 1 aliphatic rings. The molecule has 0 bridgehead atoms. The molecule has 2 atom stereocenters. The monoisotopic (exact) mass is 463 g/mol. The van der Waals surface area contributed by atoms with Crippen LogP contribution in [-0.2, 0) is 7.05 Å². The number of hydrogen-bond acceptors (Lipinski definition) is 7. The molecule has 0 unspecified atom stereocenters.